The normalized spacial score (nSPS) is 11.3. The maximum Gasteiger partial charge on any atom is 0.248 e. The van der Waals surface area contributed by atoms with Crippen LogP contribution in [0.2, 0.25) is 5.02 Å². The van der Waals surface area contributed by atoms with Gasteiger partial charge in [-0.25, -0.2) is 0 Å². The summed E-state index contributed by atoms with van der Waals surface area (Å²) in [5, 5.41) is 11.2. The second-order valence-electron chi connectivity index (χ2n) is 5.47. The molecule has 1 amide bonds. The van der Waals surface area contributed by atoms with E-state index in [1.807, 2.05) is 37.3 Å². The molecule has 0 aliphatic heterocycles. The van der Waals surface area contributed by atoms with E-state index < -0.39 is 0 Å². The SMILES string of the molecule is COc1ccccc1/C(C)=C/C(=O)Nc1ccc(Sc2nncs2)c(Cl)c1. The lowest BCUT2D eigenvalue weighted by atomic mass is 10.1. The van der Waals surface area contributed by atoms with E-state index in [4.69, 9.17) is 16.3 Å². The monoisotopic (exact) mass is 417 g/mol. The van der Waals surface area contributed by atoms with Crippen molar-refractivity contribution in [2.45, 2.75) is 16.2 Å². The molecule has 1 aromatic heterocycles. The molecule has 138 valence electrons. The Morgan fingerprint density at radius 2 is 2.11 bits per heavy atom. The summed E-state index contributed by atoms with van der Waals surface area (Å²) in [4.78, 5) is 13.2. The lowest BCUT2D eigenvalue weighted by molar-refractivity contribution is -0.111. The van der Waals surface area contributed by atoms with Gasteiger partial charge in [0.15, 0.2) is 4.34 Å². The number of rotatable bonds is 6. The fourth-order valence-electron chi connectivity index (χ4n) is 2.39. The first-order valence-electron chi connectivity index (χ1n) is 7.93. The maximum absolute atomic E-state index is 12.4. The molecule has 0 radical (unpaired) electrons. The zero-order valence-electron chi connectivity index (χ0n) is 14.6. The Labute approximate surface area is 170 Å². The number of ether oxygens (including phenoxy) is 1. The van der Waals surface area contributed by atoms with Crippen LogP contribution in [0.1, 0.15) is 12.5 Å². The molecule has 2 aromatic carbocycles. The van der Waals surface area contributed by atoms with E-state index in [1.165, 1.54) is 29.2 Å². The van der Waals surface area contributed by atoms with E-state index in [0.29, 0.717) is 10.7 Å². The van der Waals surface area contributed by atoms with Crippen LogP contribution < -0.4 is 10.1 Å². The van der Waals surface area contributed by atoms with Gasteiger partial charge in [-0.15, -0.1) is 10.2 Å². The molecule has 5 nitrogen and oxygen atoms in total. The van der Waals surface area contributed by atoms with Crippen LogP contribution >= 0.6 is 34.7 Å². The number of aromatic nitrogens is 2. The Morgan fingerprint density at radius 1 is 1.30 bits per heavy atom. The Balaban J connectivity index is 1.71. The van der Waals surface area contributed by atoms with Crippen LogP contribution in [0.15, 0.2) is 63.3 Å². The Morgan fingerprint density at radius 3 is 2.81 bits per heavy atom. The van der Waals surface area contributed by atoms with Crippen LogP contribution in [-0.2, 0) is 4.79 Å². The summed E-state index contributed by atoms with van der Waals surface area (Å²) in [6.07, 6.45) is 1.54. The Bertz CT molecular complexity index is 975. The standard InChI is InChI=1S/C19H16ClN3O2S2/c1-12(14-5-3-4-6-16(14)25-2)9-18(24)22-13-7-8-17(15(20)10-13)27-19-23-21-11-26-19/h3-11H,1-2H3,(H,22,24)/b12-9+. The van der Waals surface area contributed by atoms with Gasteiger partial charge in [-0.05, 0) is 36.8 Å². The highest BCUT2D eigenvalue weighted by Crippen LogP contribution is 2.35. The second-order valence-corrected chi connectivity index (χ2v) is 8.00. The molecular formula is C19H16ClN3O2S2. The molecule has 0 saturated heterocycles. The fourth-order valence-corrected chi connectivity index (χ4v) is 4.12. The van der Waals surface area contributed by atoms with Crippen molar-refractivity contribution in [1.29, 1.82) is 0 Å². The van der Waals surface area contributed by atoms with E-state index in [1.54, 1.807) is 24.8 Å². The minimum absolute atomic E-state index is 0.237. The number of para-hydroxylation sites is 1. The van der Waals surface area contributed by atoms with Gasteiger partial charge in [-0.2, -0.15) is 0 Å². The molecule has 27 heavy (non-hydrogen) atoms. The molecule has 1 heterocycles. The van der Waals surface area contributed by atoms with Gasteiger partial charge in [-0.3, -0.25) is 4.79 Å². The van der Waals surface area contributed by atoms with Crippen molar-refractivity contribution in [2.75, 3.05) is 12.4 Å². The van der Waals surface area contributed by atoms with Crippen LogP contribution in [0.3, 0.4) is 0 Å². The summed E-state index contributed by atoms with van der Waals surface area (Å²) < 4.78 is 6.15. The molecule has 3 rings (SSSR count). The van der Waals surface area contributed by atoms with Crippen molar-refractivity contribution in [3.63, 3.8) is 0 Å². The first-order valence-corrected chi connectivity index (χ1v) is 10.0. The van der Waals surface area contributed by atoms with Gasteiger partial charge in [0.25, 0.3) is 0 Å². The number of carbonyl (C=O) groups excluding carboxylic acids is 1. The molecule has 0 spiro atoms. The lowest BCUT2D eigenvalue weighted by Gasteiger charge is -2.09. The number of hydrogen-bond acceptors (Lipinski definition) is 6. The molecule has 8 heteroatoms. The molecule has 0 unspecified atom stereocenters. The molecule has 1 N–H and O–H groups in total. The number of anilines is 1. The van der Waals surface area contributed by atoms with Gasteiger partial charge in [0.05, 0.1) is 12.1 Å². The van der Waals surface area contributed by atoms with Crippen LogP contribution in [0.5, 0.6) is 5.75 Å². The van der Waals surface area contributed by atoms with Crippen molar-refractivity contribution in [3.05, 3.63) is 64.6 Å². The number of hydrogen-bond donors (Lipinski definition) is 1. The van der Waals surface area contributed by atoms with Gasteiger partial charge >= 0.3 is 0 Å². The highest BCUT2D eigenvalue weighted by atomic mass is 35.5. The summed E-state index contributed by atoms with van der Waals surface area (Å²) in [7, 11) is 1.61. The number of carbonyl (C=O) groups is 1. The molecule has 0 fully saturated rings. The summed E-state index contributed by atoms with van der Waals surface area (Å²) in [6, 6.07) is 12.9. The van der Waals surface area contributed by atoms with Gasteiger partial charge in [0.2, 0.25) is 5.91 Å². The molecule has 3 aromatic rings. The summed E-state index contributed by atoms with van der Waals surface area (Å²) >= 11 is 9.20. The van der Waals surface area contributed by atoms with Gasteiger partial charge in [0.1, 0.15) is 11.3 Å². The van der Waals surface area contributed by atoms with Gasteiger partial charge in [0, 0.05) is 22.2 Å². The van der Waals surface area contributed by atoms with Gasteiger partial charge in [-0.1, -0.05) is 52.9 Å². The smallest absolute Gasteiger partial charge is 0.248 e. The van der Waals surface area contributed by atoms with Crippen LogP contribution in [0, 0.1) is 0 Å². The van der Waals surface area contributed by atoms with Crippen molar-refractivity contribution in [1.82, 2.24) is 10.2 Å². The zero-order valence-corrected chi connectivity index (χ0v) is 17.0. The largest absolute Gasteiger partial charge is 0.496 e. The first kappa shape index (κ1) is 19.4. The minimum atomic E-state index is -0.237. The Hall–Kier alpha value is -2.35. The quantitative estimate of drug-likeness (QED) is 0.544. The van der Waals surface area contributed by atoms with Crippen molar-refractivity contribution in [3.8, 4) is 5.75 Å². The van der Waals surface area contributed by atoms with Crippen molar-refractivity contribution < 1.29 is 9.53 Å². The highest BCUT2D eigenvalue weighted by molar-refractivity contribution is 8.01. The second kappa shape index (κ2) is 9.03. The van der Waals surface area contributed by atoms with E-state index in [9.17, 15) is 4.79 Å². The minimum Gasteiger partial charge on any atom is -0.496 e. The van der Waals surface area contributed by atoms with Crippen LogP contribution in [-0.4, -0.2) is 23.2 Å². The average molecular weight is 418 g/mol. The number of halogens is 1. The highest BCUT2D eigenvalue weighted by Gasteiger charge is 2.09. The van der Waals surface area contributed by atoms with E-state index >= 15 is 0 Å². The summed E-state index contributed by atoms with van der Waals surface area (Å²) in [5.41, 5.74) is 3.97. The number of nitrogens with one attached hydrogen (secondary N) is 1. The zero-order chi connectivity index (χ0) is 19.2. The summed E-state index contributed by atoms with van der Waals surface area (Å²) in [6.45, 7) is 1.87. The molecule has 0 bridgehead atoms. The molecular weight excluding hydrogens is 402 g/mol. The van der Waals surface area contributed by atoms with Crippen molar-refractivity contribution >= 4 is 51.9 Å². The molecule has 0 saturated carbocycles. The number of allylic oxidation sites excluding steroid dienone is 1. The predicted molar refractivity (Wildman–Crippen MR) is 111 cm³/mol. The number of amides is 1. The number of nitrogens with zero attached hydrogens (tertiary/aromatic N) is 2. The van der Waals surface area contributed by atoms with E-state index in [0.717, 1.165) is 26.1 Å². The summed E-state index contributed by atoms with van der Waals surface area (Å²) in [5.74, 6) is 0.485. The first-order chi connectivity index (χ1) is 13.1. The topological polar surface area (TPSA) is 64.1 Å². The average Bonchev–Trinajstić information content (AvgIpc) is 3.17. The van der Waals surface area contributed by atoms with E-state index in [2.05, 4.69) is 15.5 Å². The lowest BCUT2D eigenvalue weighted by Crippen LogP contribution is -2.08. The molecule has 0 atom stereocenters. The third-order valence-electron chi connectivity index (χ3n) is 3.62. The third kappa shape index (κ3) is 5.09. The van der Waals surface area contributed by atoms with E-state index in [-0.39, 0.29) is 5.91 Å². The maximum atomic E-state index is 12.4. The predicted octanol–water partition coefficient (Wildman–Crippen LogP) is 5.39. The number of methoxy groups -OCH3 is 1. The number of benzene rings is 2. The molecule has 0 aliphatic carbocycles. The van der Waals surface area contributed by atoms with Crippen LogP contribution in [0.4, 0.5) is 5.69 Å². The molecule has 0 aliphatic rings. The fraction of sp³-hybridized carbons (Fsp3) is 0.105. The Kier molecular flexibility index (Phi) is 6.49. The third-order valence-corrected chi connectivity index (χ3v) is 5.89. The van der Waals surface area contributed by atoms with Crippen LogP contribution in [0.25, 0.3) is 5.57 Å². The van der Waals surface area contributed by atoms with Gasteiger partial charge < -0.3 is 10.1 Å². The van der Waals surface area contributed by atoms with Crippen molar-refractivity contribution in [2.24, 2.45) is 0 Å².